The number of methoxy groups -OCH3 is 1. The van der Waals surface area contributed by atoms with Gasteiger partial charge in [0.1, 0.15) is 0 Å². The van der Waals surface area contributed by atoms with Crippen LogP contribution in [0.25, 0.3) is 0 Å². The van der Waals surface area contributed by atoms with Gasteiger partial charge < -0.3 is 14.8 Å². The number of rotatable bonds is 6. The van der Waals surface area contributed by atoms with E-state index in [9.17, 15) is 0 Å². The lowest BCUT2D eigenvalue weighted by Crippen LogP contribution is -2.24. The van der Waals surface area contributed by atoms with Crippen molar-refractivity contribution in [2.75, 3.05) is 40.0 Å². The van der Waals surface area contributed by atoms with Gasteiger partial charge in [-0.25, -0.2) is 0 Å². The van der Waals surface area contributed by atoms with E-state index in [0.29, 0.717) is 25.1 Å². The van der Waals surface area contributed by atoms with E-state index < -0.39 is 0 Å². The number of hydrogen-bond donors (Lipinski definition) is 1. The van der Waals surface area contributed by atoms with Crippen molar-refractivity contribution in [3.8, 4) is 0 Å². The molecular weight excluding hydrogens is 200 g/mol. The summed E-state index contributed by atoms with van der Waals surface area (Å²) in [5.41, 5.74) is 0. The maximum absolute atomic E-state index is 5.31. The van der Waals surface area contributed by atoms with Crippen LogP contribution in [0.2, 0.25) is 0 Å². The fourth-order valence-electron chi connectivity index (χ4n) is 1.05. The molecule has 0 aliphatic carbocycles. The van der Waals surface area contributed by atoms with E-state index in [4.69, 9.17) is 9.47 Å². The second-order valence-corrected chi connectivity index (χ2v) is 4.53. The fourth-order valence-corrected chi connectivity index (χ4v) is 1.91. The standard InChI is InChI=1S/C9H18N2O2S/c1-8-7-11-9(14-8)10-3-4-13-6-5-12-2/h8H,3-7H2,1-2H3,(H,10,11). The van der Waals surface area contributed by atoms with E-state index in [1.165, 1.54) is 0 Å². The summed E-state index contributed by atoms with van der Waals surface area (Å²) in [6, 6.07) is 0. The first-order valence-electron chi connectivity index (χ1n) is 4.84. The summed E-state index contributed by atoms with van der Waals surface area (Å²) < 4.78 is 10.2. The van der Waals surface area contributed by atoms with Gasteiger partial charge in [-0.3, -0.25) is 4.99 Å². The zero-order valence-corrected chi connectivity index (χ0v) is 9.60. The number of amidine groups is 1. The van der Waals surface area contributed by atoms with Crippen LogP contribution < -0.4 is 5.32 Å². The molecule has 0 spiro atoms. The Kier molecular flexibility index (Phi) is 5.98. The number of ether oxygens (including phenoxy) is 2. The predicted molar refractivity (Wildman–Crippen MR) is 60.1 cm³/mol. The third-order valence-electron chi connectivity index (χ3n) is 1.76. The summed E-state index contributed by atoms with van der Waals surface area (Å²) in [4.78, 5) is 4.34. The quantitative estimate of drug-likeness (QED) is 0.667. The van der Waals surface area contributed by atoms with Crippen LogP contribution in [0, 0.1) is 0 Å². The predicted octanol–water partition coefficient (Wildman–Crippen LogP) is 0.730. The average Bonchev–Trinajstić information content (AvgIpc) is 2.58. The minimum absolute atomic E-state index is 0.618. The lowest BCUT2D eigenvalue weighted by atomic mass is 10.5. The summed E-state index contributed by atoms with van der Waals surface area (Å²) in [5, 5.41) is 4.90. The Hall–Kier alpha value is -0.260. The largest absolute Gasteiger partial charge is 0.382 e. The number of nitrogens with zero attached hydrogens (tertiary/aromatic N) is 1. The van der Waals surface area contributed by atoms with Crippen molar-refractivity contribution in [3.05, 3.63) is 0 Å². The van der Waals surface area contributed by atoms with Crippen LogP contribution in [0.4, 0.5) is 0 Å². The molecule has 1 heterocycles. The van der Waals surface area contributed by atoms with E-state index >= 15 is 0 Å². The Morgan fingerprint density at radius 2 is 2.36 bits per heavy atom. The molecule has 0 saturated heterocycles. The Balaban J connectivity index is 1.89. The summed E-state index contributed by atoms with van der Waals surface area (Å²) in [7, 11) is 1.67. The van der Waals surface area contributed by atoms with Gasteiger partial charge in [0.05, 0.1) is 26.4 Å². The van der Waals surface area contributed by atoms with Crippen molar-refractivity contribution < 1.29 is 9.47 Å². The molecule has 0 bridgehead atoms. The first kappa shape index (κ1) is 11.8. The number of nitrogens with one attached hydrogen (secondary N) is 1. The molecule has 0 aromatic carbocycles. The van der Waals surface area contributed by atoms with Gasteiger partial charge >= 0.3 is 0 Å². The molecule has 1 unspecified atom stereocenters. The second kappa shape index (κ2) is 7.09. The van der Waals surface area contributed by atoms with Crippen molar-refractivity contribution in [2.24, 2.45) is 4.99 Å². The highest BCUT2D eigenvalue weighted by Crippen LogP contribution is 2.17. The monoisotopic (exact) mass is 218 g/mol. The highest BCUT2D eigenvalue weighted by molar-refractivity contribution is 8.14. The van der Waals surface area contributed by atoms with Gasteiger partial charge in [-0.1, -0.05) is 18.7 Å². The molecule has 0 fully saturated rings. The Labute approximate surface area is 89.4 Å². The number of hydrogen-bond acceptors (Lipinski definition) is 5. The van der Waals surface area contributed by atoms with Crippen molar-refractivity contribution in [1.82, 2.24) is 5.32 Å². The molecule has 0 aromatic heterocycles. The lowest BCUT2D eigenvalue weighted by molar-refractivity contribution is 0.0734. The van der Waals surface area contributed by atoms with Crippen molar-refractivity contribution in [3.63, 3.8) is 0 Å². The zero-order valence-electron chi connectivity index (χ0n) is 8.78. The Bertz CT molecular complexity index is 188. The molecule has 82 valence electrons. The molecule has 1 rings (SSSR count). The lowest BCUT2D eigenvalue weighted by Gasteiger charge is -2.06. The third-order valence-corrected chi connectivity index (χ3v) is 2.81. The van der Waals surface area contributed by atoms with E-state index in [-0.39, 0.29) is 0 Å². The second-order valence-electron chi connectivity index (χ2n) is 3.11. The van der Waals surface area contributed by atoms with Crippen LogP contribution in [-0.4, -0.2) is 50.4 Å². The van der Waals surface area contributed by atoms with Gasteiger partial charge in [-0.15, -0.1) is 0 Å². The number of thioether (sulfide) groups is 1. The van der Waals surface area contributed by atoms with Crippen LogP contribution in [0.3, 0.4) is 0 Å². The normalized spacial score (nSPS) is 21.0. The molecule has 1 N–H and O–H groups in total. The maximum Gasteiger partial charge on any atom is 0.156 e. The van der Waals surface area contributed by atoms with E-state index in [0.717, 1.165) is 18.3 Å². The number of aliphatic imine (C=N–C) groups is 1. The SMILES string of the molecule is COCCOCCNC1=NCC(C)S1. The molecule has 0 radical (unpaired) electrons. The van der Waals surface area contributed by atoms with E-state index in [2.05, 4.69) is 17.2 Å². The fraction of sp³-hybridized carbons (Fsp3) is 0.889. The molecule has 0 saturated carbocycles. The first-order chi connectivity index (χ1) is 6.83. The topological polar surface area (TPSA) is 42.9 Å². The third kappa shape index (κ3) is 4.83. The highest BCUT2D eigenvalue weighted by Gasteiger charge is 2.13. The van der Waals surface area contributed by atoms with Gasteiger partial charge in [-0.05, 0) is 0 Å². The summed E-state index contributed by atoms with van der Waals surface area (Å²) in [6.45, 7) is 5.95. The van der Waals surface area contributed by atoms with Gasteiger partial charge in [0, 0.05) is 18.9 Å². The average molecular weight is 218 g/mol. The minimum Gasteiger partial charge on any atom is -0.382 e. The van der Waals surface area contributed by atoms with Crippen LogP contribution in [0.5, 0.6) is 0 Å². The van der Waals surface area contributed by atoms with Gasteiger partial charge in [0.15, 0.2) is 5.17 Å². The smallest absolute Gasteiger partial charge is 0.156 e. The van der Waals surface area contributed by atoms with Gasteiger partial charge in [0.2, 0.25) is 0 Å². The Morgan fingerprint density at radius 1 is 1.50 bits per heavy atom. The Morgan fingerprint density at radius 3 is 3.00 bits per heavy atom. The maximum atomic E-state index is 5.31. The van der Waals surface area contributed by atoms with Crippen LogP contribution in [0.1, 0.15) is 6.92 Å². The van der Waals surface area contributed by atoms with Crippen LogP contribution >= 0.6 is 11.8 Å². The first-order valence-corrected chi connectivity index (χ1v) is 5.72. The minimum atomic E-state index is 0.618. The van der Waals surface area contributed by atoms with Crippen LogP contribution in [0.15, 0.2) is 4.99 Å². The van der Waals surface area contributed by atoms with Gasteiger partial charge in [-0.2, -0.15) is 0 Å². The molecule has 5 heteroatoms. The van der Waals surface area contributed by atoms with E-state index in [1.807, 2.05) is 0 Å². The molecule has 14 heavy (non-hydrogen) atoms. The molecule has 1 atom stereocenters. The van der Waals surface area contributed by atoms with Crippen LogP contribution in [-0.2, 0) is 9.47 Å². The molecule has 0 aromatic rings. The molecule has 4 nitrogen and oxygen atoms in total. The summed E-state index contributed by atoms with van der Waals surface area (Å²) in [5.74, 6) is 0. The summed E-state index contributed by atoms with van der Waals surface area (Å²) >= 11 is 1.79. The van der Waals surface area contributed by atoms with Crippen molar-refractivity contribution in [1.29, 1.82) is 0 Å². The molecule has 1 aliphatic rings. The van der Waals surface area contributed by atoms with E-state index in [1.54, 1.807) is 18.9 Å². The highest BCUT2D eigenvalue weighted by atomic mass is 32.2. The van der Waals surface area contributed by atoms with Gasteiger partial charge in [0.25, 0.3) is 0 Å². The molecule has 0 amide bonds. The van der Waals surface area contributed by atoms with Crippen molar-refractivity contribution in [2.45, 2.75) is 12.2 Å². The molecular formula is C9H18N2O2S. The molecule has 1 aliphatic heterocycles. The zero-order chi connectivity index (χ0) is 10.2. The summed E-state index contributed by atoms with van der Waals surface area (Å²) in [6.07, 6.45) is 0. The van der Waals surface area contributed by atoms with Crippen molar-refractivity contribution >= 4 is 16.9 Å².